The molecule has 3 rings (SSSR count). The SMILES string of the molecule is CCCCCCCOc1ccc(-c2ccc(C3CCC(OC(=O)[C@@H](F)CCCC)CC3)cc2)cc1C#N. The minimum Gasteiger partial charge on any atom is -0.492 e. The van der Waals surface area contributed by atoms with Gasteiger partial charge in [-0.25, -0.2) is 9.18 Å². The smallest absolute Gasteiger partial charge is 0.340 e. The minimum atomic E-state index is -1.50. The maximum absolute atomic E-state index is 13.9. The molecule has 5 heteroatoms. The van der Waals surface area contributed by atoms with E-state index in [0.717, 1.165) is 56.1 Å². The van der Waals surface area contributed by atoms with Crippen molar-refractivity contribution in [3.63, 3.8) is 0 Å². The van der Waals surface area contributed by atoms with E-state index >= 15 is 0 Å². The molecule has 37 heavy (non-hydrogen) atoms. The summed E-state index contributed by atoms with van der Waals surface area (Å²) in [6.07, 6.45) is 9.41. The van der Waals surface area contributed by atoms with Crippen LogP contribution in [-0.4, -0.2) is 24.9 Å². The average molecular weight is 508 g/mol. The van der Waals surface area contributed by atoms with Crippen molar-refractivity contribution in [2.75, 3.05) is 6.61 Å². The van der Waals surface area contributed by atoms with Gasteiger partial charge >= 0.3 is 5.97 Å². The Balaban J connectivity index is 1.51. The number of benzene rings is 2. The summed E-state index contributed by atoms with van der Waals surface area (Å²) in [5.41, 5.74) is 3.89. The van der Waals surface area contributed by atoms with Crippen LogP contribution in [0, 0.1) is 11.3 Å². The summed E-state index contributed by atoms with van der Waals surface area (Å²) >= 11 is 0. The van der Waals surface area contributed by atoms with E-state index in [0.29, 0.717) is 30.3 Å². The van der Waals surface area contributed by atoms with Crippen LogP contribution in [0.2, 0.25) is 0 Å². The first-order chi connectivity index (χ1) is 18.0. The lowest BCUT2D eigenvalue weighted by atomic mass is 9.82. The molecule has 0 saturated heterocycles. The molecular weight excluding hydrogens is 465 g/mol. The second-order valence-electron chi connectivity index (χ2n) is 10.2. The van der Waals surface area contributed by atoms with Gasteiger partial charge in [-0.05, 0) is 73.3 Å². The van der Waals surface area contributed by atoms with Crippen LogP contribution in [-0.2, 0) is 9.53 Å². The van der Waals surface area contributed by atoms with Gasteiger partial charge in [-0.3, -0.25) is 0 Å². The van der Waals surface area contributed by atoms with E-state index in [9.17, 15) is 14.4 Å². The van der Waals surface area contributed by atoms with Crippen molar-refractivity contribution in [3.8, 4) is 22.9 Å². The molecule has 1 atom stereocenters. The third-order valence-electron chi connectivity index (χ3n) is 7.34. The van der Waals surface area contributed by atoms with E-state index in [1.54, 1.807) is 0 Å². The number of hydrogen-bond donors (Lipinski definition) is 0. The lowest BCUT2D eigenvalue weighted by molar-refractivity contribution is -0.157. The predicted octanol–water partition coefficient (Wildman–Crippen LogP) is 8.67. The standard InChI is InChI=1S/C32H42FNO3/c1-3-5-7-8-9-21-36-31-20-17-27(22-28(31)23-34)26-13-11-24(12-14-26)25-15-18-29(19-16-25)37-32(35)30(33)10-6-4-2/h11-14,17,20,22,25,29-30H,3-10,15-16,18-19,21H2,1-2H3/t25?,29?,30-/m0/s1. The number of alkyl halides is 1. The predicted molar refractivity (Wildman–Crippen MR) is 146 cm³/mol. The molecule has 200 valence electrons. The molecule has 0 unspecified atom stereocenters. The molecule has 1 saturated carbocycles. The molecular formula is C32H42FNO3. The van der Waals surface area contributed by atoms with Crippen LogP contribution >= 0.6 is 0 Å². The Morgan fingerprint density at radius 1 is 0.946 bits per heavy atom. The Kier molecular flexibility index (Phi) is 11.9. The number of ether oxygens (including phenoxy) is 2. The van der Waals surface area contributed by atoms with Crippen LogP contribution in [0.3, 0.4) is 0 Å². The fourth-order valence-electron chi connectivity index (χ4n) is 5.01. The third-order valence-corrected chi connectivity index (χ3v) is 7.34. The highest BCUT2D eigenvalue weighted by molar-refractivity contribution is 5.74. The maximum atomic E-state index is 13.9. The Morgan fingerprint density at radius 2 is 1.62 bits per heavy atom. The Hall–Kier alpha value is -2.87. The van der Waals surface area contributed by atoms with Crippen molar-refractivity contribution in [1.29, 1.82) is 5.26 Å². The zero-order valence-corrected chi connectivity index (χ0v) is 22.5. The molecule has 0 amide bonds. The molecule has 1 fully saturated rings. The van der Waals surface area contributed by atoms with E-state index < -0.39 is 12.1 Å². The van der Waals surface area contributed by atoms with Crippen molar-refractivity contribution < 1.29 is 18.7 Å². The van der Waals surface area contributed by atoms with Gasteiger partial charge in [0.1, 0.15) is 17.9 Å². The van der Waals surface area contributed by atoms with Crippen LogP contribution in [0.5, 0.6) is 5.75 Å². The molecule has 0 aliphatic heterocycles. The topological polar surface area (TPSA) is 59.3 Å². The molecule has 1 aliphatic rings. The minimum absolute atomic E-state index is 0.177. The van der Waals surface area contributed by atoms with Gasteiger partial charge in [-0.15, -0.1) is 0 Å². The van der Waals surface area contributed by atoms with E-state index in [2.05, 4.69) is 37.3 Å². The Labute approximate surface area is 222 Å². The second kappa shape index (κ2) is 15.4. The van der Waals surface area contributed by atoms with Crippen molar-refractivity contribution in [2.45, 2.75) is 109 Å². The molecule has 1 aliphatic carbocycles. The molecule has 0 radical (unpaired) electrons. The summed E-state index contributed by atoms with van der Waals surface area (Å²) in [5, 5.41) is 9.64. The van der Waals surface area contributed by atoms with Gasteiger partial charge in [0.25, 0.3) is 0 Å². The maximum Gasteiger partial charge on any atom is 0.340 e. The summed E-state index contributed by atoms with van der Waals surface area (Å²) in [4.78, 5) is 12.0. The molecule has 0 aromatic heterocycles. The van der Waals surface area contributed by atoms with Gasteiger partial charge in [0.05, 0.1) is 12.2 Å². The molecule has 0 bridgehead atoms. The van der Waals surface area contributed by atoms with E-state index in [4.69, 9.17) is 9.47 Å². The number of unbranched alkanes of at least 4 members (excludes halogenated alkanes) is 5. The van der Waals surface area contributed by atoms with Crippen LogP contribution in [0.4, 0.5) is 4.39 Å². The number of rotatable bonds is 14. The van der Waals surface area contributed by atoms with E-state index in [1.165, 1.54) is 24.8 Å². The van der Waals surface area contributed by atoms with E-state index in [-0.39, 0.29) is 12.5 Å². The number of carbonyl (C=O) groups is 1. The number of esters is 1. The van der Waals surface area contributed by atoms with Crippen molar-refractivity contribution in [1.82, 2.24) is 0 Å². The molecule has 0 spiro atoms. The van der Waals surface area contributed by atoms with Gasteiger partial charge in [-0.1, -0.05) is 82.7 Å². The van der Waals surface area contributed by atoms with Crippen LogP contribution in [0.15, 0.2) is 42.5 Å². The summed E-state index contributed by atoms with van der Waals surface area (Å²) in [7, 11) is 0. The normalized spacial score (nSPS) is 18.1. The highest BCUT2D eigenvalue weighted by Crippen LogP contribution is 2.35. The highest BCUT2D eigenvalue weighted by Gasteiger charge is 2.27. The number of nitriles is 1. The zero-order valence-electron chi connectivity index (χ0n) is 22.5. The largest absolute Gasteiger partial charge is 0.492 e. The van der Waals surface area contributed by atoms with Gasteiger partial charge in [0.15, 0.2) is 6.17 Å². The van der Waals surface area contributed by atoms with Crippen LogP contribution < -0.4 is 4.74 Å². The number of carbonyl (C=O) groups excluding carboxylic acids is 1. The molecule has 0 heterocycles. The van der Waals surface area contributed by atoms with Gasteiger partial charge in [-0.2, -0.15) is 5.26 Å². The van der Waals surface area contributed by atoms with Crippen LogP contribution in [0.25, 0.3) is 11.1 Å². The lowest BCUT2D eigenvalue weighted by Crippen LogP contribution is -2.28. The number of halogens is 1. The summed E-state index contributed by atoms with van der Waals surface area (Å²) in [6.45, 7) is 4.83. The van der Waals surface area contributed by atoms with Crippen molar-refractivity contribution in [2.24, 2.45) is 0 Å². The molecule has 2 aromatic rings. The average Bonchev–Trinajstić information content (AvgIpc) is 2.94. The fourth-order valence-corrected chi connectivity index (χ4v) is 5.01. The summed E-state index contributed by atoms with van der Waals surface area (Å²) < 4.78 is 25.3. The first kappa shape index (κ1) is 28.7. The number of hydrogen-bond acceptors (Lipinski definition) is 4. The monoisotopic (exact) mass is 507 g/mol. The molecule has 2 aromatic carbocycles. The highest BCUT2D eigenvalue weighted by atomic mass is 19.1. The number of nitrogens with zero attached hydrogens (tertiary/aromatic N) is 1. The summed E-state index contributed by atoms with van der Waals surface area (Å²) in [6, 6.07) is 16.6. The second-order valence-corrected chi connectivity index (χ2v) is 10.2. The molecule has 4 nitrogen and oxygen atoms in total. The van der Waals surface area contributed by atoms with Crippen LogP contribution in [0.1, 0.15) is 108 Å². The third kappa shape index (κ3) is 8.88. The van der Waals surface area contributed by atoms with Crippen molar-refractivity contribution >= 4 is 5.97 Å². The van der Waals surface area contributed by atoms with Gasteiger partial charge < -0.3 is 9.47 Å². The summed E-state index contributed by atoms with van der Waals surface area (Å²) in [5.74, 6) is 0.370. The zero-order chi connectivity index (χ0) is 26.5. The Morgan fingerprint density at radius 3 is 2.30 bits per heavy atom. The van der Waals surface area contributed by atoms with Crippen molar-refractivity contribution in [3.05, 3.63) is 53.6 Å². The molecule has 0 N–H and O–H groups in total. The lowest BCUT2D eigenvalue weighted by Gasteiger charge is -2.29. The Bertz CT molecular complexity index is 1010. The van der Waals surface area contributed by atoms with Gasteiger partial charge in [0, 0.05) is 0 Å². The van der Waals surface area contributed by atoms with E-state index in [1.807, 2.05) is 25.1 Å². The first-order valence-corrected chi connectivity index (χ1v) is 14.2. The van der Waals surface area contributed by atoms with Gasteiger partial charge in [0.2, 0.25) is 0 Å². The quantitative estimate of drug-likeness (QED) is 0.190. The first-order valence-electron chi connectivity index (χ1n) is 14.2. The fraction of sp³-hybridized carbons (Fsp3) is 0.562.